The molecule has 0 fully saturated rings. The van der Waals surface area contributed by atoms with E-state index < -0.39 is 24.5 Å². The number of aromatic amines is 1. The smallest absolute Gasteiger partial charge is 0.355 e. The molecule has 0 aliphatic heterocycles. The van der Waals surface area contributed by atoms with Crippen LogP contribution in [0.4, 0.5) is 5.69 Å². The Hall–Kier alpha value is -3.09. The number of fused-ring (bicyclic) bond motifs is 1. The van der Waals surface area contributed by atoms with Crippen molar-refractivity contribution in [2.75, 3.05) is 18.5 Å². The molecule has 7 heteroatoms. The van der Waals surface area contributed by atoms with Gasteiger partial charge in [-0.25, -0.2) is 9.59 Å². The van der Waals surface area contributed by atoms with E-state index in [0.717, 1.165) is 19.3 Å². The van der Waals surface area contributed by atoms with Crippen molar-refractivity contribution in [2.45, 2.75) is 40.0 Å². The van der Waals surface area contributed by atoms with Gasteiger partial charge in [0.2, 0.25) is 0 Å². The summed E-state index contributed by atoms with van der Waals surface area (Å²) in [6, 6.07) is 5.84. The first-order chi connectivity index (χ1) is 13.4. The molecule has 0 spiro atoms. The quantitative estimate of drug-likeness (QED) is 0.746. The highest BCUT2D eigenvalue weighted by Crippen LogP contribution is 2.25. The molecule has 1 aromatic heterocycles. The number of ether oxygens (including phenoxy) is 2. The fourth-order valence-corrected chi connectivity index (χ4v) is 3.51. The second kappa shape index (κ2) is 8.29. The molecule has 2 aromatic rings. The number of nitrogens with one attached hydrogen (secondary N) is 2. The zero-order valence-corrected chi connectivity index (χ0v) is 16.3. The molecule has 1 amide bonds. The summed E-state index contributed by atoms with van der Waals surface area (Å²) in [6.45, 7) is 4.85. The van der Waals surface area contributed by atoms with Crippen molar-refractivity contribution in [3.05, 3.63) is 51.8 Å². The molecule has 0 radical (unpaired) electrons. The number of aromatic nitrogens is 1. The lowest BCUT2D eigenvalue weighted by Gasteiger charge is -2.08. The fraction of sp³-hybridized carbons (Fsp3) is 0.381. The van der Waals surface area contributed by atoms with Crippen LogP contribution in [0.3, 0.4) is 0 Å². The van der Waals surface area contributed by atoms with E-state index in [4.69, 9.17) is 9.47 Å². The number of aryl methyl sites for hydroxylation is 3. The van der Waals surface area contributed by atoms with E-state index in [1.807, 2.05) is 18.2 Å². The summed E-state index contributed by atoms with van der Waals surface area (Å²) in [4.78, 5) is 39.3. The summed E-state index contributed by atoms with van der Waals surface area (Å²) >= 11 is 0. The number of carbonyl (C=O) groups excluding carboxylic acids is 3. The number of benzene rings is 1. The lowest BCUT2D eigenvalue weighted by atomic mass is 10.1. The van der Waals surface area contributed by atoms with E-state index >= 15 is 0 Å². The van der Waals surface area contributed by atoms with Crippen molar-refractivity contribution in [2.24, 2.45) is 0 Å². The van der Waals surface area contributed by atoms with Crippen LogP contribution < -0.4 is 5.32 Å². The highest BCUT2D eigenvalue weighted by atomic mass is 16.5. The van der Waals surface area contributed by atoms with Crippen LogP contribution in [0.2, 0.25) is 0 Å². The number of amides is 1. The first kappa shape index (κ1) is 19.7. The summed E-state index contributed by atoms with van der Waals surface area (Å²) in [6.07, 6.45) is 3.22. The average Bonchev–Trinajstić information content (AvgIpc) is 3.23. The SMILES string of the molecule is CCOC(=O)c1c(C)[nH]c(C(=O)OCC(=O)Nc2ccc3c(c2)CCC3)c1C. The van der Waals surface area contributed by atoms with Gasteiger partial charge in [0.1, 0.15) is 5.69 Å². The minimum atomic E-state index is -0.694. The maximum Gasteiger partial charge on any atom is 0.355 e. The van der Waals surface area contributed by atoms with Gasteiger partial charge in [-0.2, -0.15) is 0 Å². The van der Waals surface area contributed by atoms with Crippen molar-refractivity contribution >= 4 is 23.5 Å². The van der Waals surface area contributed by atoms with Gasteiger partial charge >= 0.3 is 11.9 Å². The maximum absolute atomic E-state index is 12.3. The Morgan fingerprint density at radius 3 is 2.57 bits per heavy atom. The molecule has 1 aliphatic rings. The van der Waals surface area contributed by atoms with E-state index in [1.165, 1.54) is 11.1 Å². The highest BCUT2D eigenvalue weighted by Gasteiger charge is 2.24. The number of rotatable bonds is 6. The van der Waals surface area contributed by atoms with Gasteiger partial charge < -0.3 is 19.8 Å². The monoisotopic (exact) mass is 384 g/mol. The van der Waals surface area contributed by atoms with Crippen LogP contribution in [0.5, 0.6) is 0 Å². The molecule has 0 saturated carbocycles. The van der Waals surface area contributed by atoms with Gasteiger partial charge in [-0.3, -0.25) is 4.79 Å². The highest BCUT2D eigenvalue weighted by molar-refractivity contribution is 5.99. The van der Waals surface area contributed by atoms with Crippen LogP contribution in [0.1, 0.15) is 56.6 Å². The Balaban J connectivity index is 1.60. The number of hydrogen-bond acceptors (Lipinski definition) is 5. The second-order valence-electron chi connectivity index (χ2n) is 6.81. The van der Waals surface area contributed by atoms with Gasteiger partial charge in [0.05, 0.1) is 12.2 Å². The third kappa shape index (κ3) is 4.08. The largest absolute Gasteiger partial charge is 0.462 e. The third-order valence-electron chi connectivity index (χ3n) is 4.84. The van der Waals surface area contributed by atoms with Crippen LogP contribution in [0.25, 0.3) is 0 Å². The van der Waals surface area contributed by atoms with E-state index in [9.17, 15) is 14.4 Å². The Morgan fingerprint density at radius 2 is 1.82 bits per heavy atom. The summed E-state index contributed by atoms with van der Waals surface area (Å²) in [5.74, 6) is -1.61. The van der Waals surface area contributed by atoms with Gasteiger partial charge in [-0.1, -0.05) is 6.07 Å². The average molecular weight is 384 g/mol. The molecule has 0 saturated heterocycles. The Bertz CT molecular complexity index is 929. The normalized spacial score (nSPS) is 12.4. The number of carbonyl (C=O) groups is 3. The van der Waals surface area contributed by atoms with Gasteiger partial charge in [0, 0.05) is 11.4 Å². The van der Waals surface area contributed by atoms with Gasteiger partial charge in [-0.05, 0) is 68.9 Å². The zero-order valence-electron chi connectivity index (χ0n) is 16.3. The van der Waals surface area contributed by atoms with E-state index in [-0.39, 0.29) is 12.3 Å². The summed E-state index contributed by atoms with van der Waals surface area (Å²) in [7, 11) is 0. The summed E-state index contributed by atoms with van der Waals surface area (Å²) < 4.78 is 10.1. The van der Waals surface area contributed by atoms with Crippen LogP contribution in [-0.2, 0) is 27.1 Å². The first-order valence-corrected chi connectivity index (χ1v) is 9.35. The van der Waals surface area contributed by atoms with Crippen molar-refractivity contribution in [1.29, 1.82) is 0 Å². The van der Waals surface area contributed by atoms with E-state index in [1.54, 1.807) is 20.8 Å². The molecule has 1 heterocycles. The summed E-state index contributed by atoms with van der Waals surface area (Å²) in [5, 5.41) is 2.74. The fourth-order valence-electron chi connectivity index (χ4n) is 3.51. The third-order valence-corrected chi connectivity index (χ3v) is 4.84. The Morgan fingerprint density at radius 1 is 1.07 bits per heavy atom. The van der Waals surface area contributed by atoms with Crippen LogP contribution in [0.15, 0.2) is 18.2 Å². The predicted molar refractivity (Wildman–Crippen MR) is 104 cm³/mol. The maximum atomic E-state index is 12.3. The number of H-pyrrole nitrogens is 1. The zero-order chi connectivity index (χ0) is 20.3. The molecule has 148 valence electrons. The minimum absolute atomic E-state index is 0.144. The standard InChI is InChI=1S/C21H24N2O5/c1-4-27-20(25)18-12(2)19(22-13(18)3)21(26)28-11-17(24)23-16-9-8-14-6-5-7-15(14)10-16/h8-10,22H,4-7,11H2,1-3H3,(H,23,24). The molecule has 0 unspecified atom stereocenters. The molecular formula is C21H24N2O5. The number of hydrogen-bond donors (Lipinski definition) is 2. The number of anilines is 1. The molecule has 3 rings (SSSR count). The van der Waals surface area contributed by atoms with Gasteiger partial charge in [0.15, 0.2) is 6.61 Å². The van der Waals surface area contributed by atoms with Gasteiger partial charge in [0.25, 0.3) is 5.91 Å². The lowest BCUT2D eigenvalue weighted by Crippen LogP contribution is -2.21. The van der Waals surface area contributed by atoms with Gasteiger partial charge in [-0.15, -0.1) is 0 Å². The van der Waals surface area contributed by atoms with Crippen molar-refractivity contribution in [1.82, 2.24) is 4.98 Å². The number of esters is 2. The Kier molecular flexibility index (Phi) is 5.82. The molecule has 0 bridgehead atoms. The molecule has 1 aromatic carbocycles. The van der Waals surface area contributed by atoms with Crippen molar-refractivity contribution in [3.8, 4) is 0 Å². The van der Waals surface area contributed by atoms with Crippen LogP contribution in [0, 0.1) is 13.8 Å². The van der Waals surface area contributed by atoms with Crippen molar-refractivity contribution in [3.63, 3.8) is 0 Å². The molecule has 2 N–H and O–H groups in total. The first-order valence-electron chi connectivity index (χ1n) is 9.35. The van der Waals surface area contributed by atoms with Crippen LogP contribution in [-0.4, -0.2) is 36.0 Å². The molecule has 1 aliphatic carbocycles. The van der Waals surface area contributed by atoms with Crippen molar-refractivity contribution < 1.29 is 23.9 Å². The Labute approximate surface area is 163 Å². The molecule has 0 atom stereocenters. The molecule has 28 heavy (non-hydrogen) atoms. The minimum Gasteiger partial charge on any atom is -0.462 e. The second-order valence-corrected chi connectivity index (χ2v) is 6.81. The lowest BCUT2D eigenvalue weighted by molar-refractivity contribution is -0.119. The van der Waals surface area contributed by atoms with Crippen LogP contribution >= 0.6 is 0 Å². The summed E-state index contributed by atoms with van der Waals surface area (Å²) in [5.41, 5.74) is 4.68. The molecular weight excluding hydrogens is 360 g/mol. The predicted octanol–water partition coefficient (Wildman–Crippen LogP) is 3.09. The topological polar surface area (TPSA) is 97.5 Å². The van der Waals surface area contributed by atoms with E-state index in [0.29, 0.717) is 22.5 Å². The van der Waals surface area contributed by atoms with E-state index in [2.05, 4.69) is 10.3 Å². The molecule has 7 nitrogen and oxygen atoms in total.